The summed E-state index contributed by atoms with van der Waals surface area (Å²) in [6.45, 7) is 3.11. The Hall–Kier alpha value is -4.42. The predicted molar refractivity (Wildman–Crippen MR) is 163 cm³/mol. The molecule has 2 fully saturated rings. The first-order valence-corrected chi connectivity index (χ1v) is 14.4. The highest BCUT2D eigenvalue weighted by Gasteiger charge is 2.24. The van der Waals surface area contributed by atoms with E-state index in [1.54, 1.807) is 23.1 Å². The van der Waals surface area contributed by atoms with Crippen molar-refractivity contribution >= 4 is 35.4 Å². The second kappa shape index (κ2) is 15.0. The number of nitriles is 1. The van der Waals surface area contributed by atoms with E-state index in [1.165, 1.54) is 36.0 Å². The molecule has 3 heterocycles. The molecule has 1 aromatic heterocycles. The molecule has 2 amide bonds. The van der Waals surface area contributed by atoms with Crippen molar-refractivity contribution in [3.8, 4) is 23.1 Å². The zero-order valence-electron chi connectivity index (χ0n) is 24.7. The normalized spacial score (nSPS) is 18.0. The van der Waals surface area contributed by atoms with Gasteiger partial charge in [-0.3, -0.25) is 9.59 Å². The molecule has 0 unspecified atom stereocenters. The standard InChI is InChI=1S/C25H23ClF2N6O3.C5H10N2O/c1-32-8-10-34(11-9-32)25(36)16-4-3-15(13-18(16)26)31-24(35)23-30-14-19(33(23)2)17-5-6-20(37-12-7-29)22(28)21(17)27;6-4-1-5(3-8)7-2-4/h3-6,13-14H,8-12H2,1-2H3,(H,31,35);3-5,7H,1-2,6H2/t;4-,5-/m.0/s1. The first kappa shape index (κ1) is 33.5. The number of hydrogen-bond donors (Lipinski definition) is 3. The monoisotopic (exact) mass is 642 g/mol. The number of carbonyl (C=O) groups is 3. The third-order valence-corrected chi connectivity index (χ3v) is 7.73. The molecule has 2 aromatic carbocycles. The third-order valence-electron chi connectivity index (χ3n) is 7.42. The molecule has 0 radical (unpaired) electrons. The first-order valence-electron chi connectivity index (χ1n) is 14.1. The van der Waals surface area contributed by atoms with Crippen molar-refractivity contribution in [2.75, 3.05) is 51.7 Å². The summed E-state index contributed by atoms with van der Waals surface area (Å²) in [7, 11) is 3.48. The molecule has 2 saturated heterocycles. The Kier molecular flexibility index (Phi) is 11.2. The molecule has 2 aliphatic heterocycles. The lowest BCUT2D eigenvalue weighted by atomic mass is 10.1. The van der Waals surface area contributed by atoms with Crippen molar-refractivity contribution in [1.29, 1.82) is 5.26 Å². The number of imidazole rings is 1. The lowest BCUT2D eigenvalue weighted by Gasteiger charge is -2.32. The van der Waals surface area contributed by atoms with E-state index in [0.717, 1.165) is 32.3 Å². The number of piperazine rings is 1. The first-order chi connectivity index (χ1) is 21.5. The molecule has 5 rings (SSSR count). The van der Waals surface area contributed by atoms with E-state index in [-0.39, 0.29) is 40.1 Å². The second-order valence-corrected chi connectivity index (χ2v) is 11.0. The molecule has 0 spiro atoms. The Bertz CT molecular complexity index is 1600. The molecule has 0 bridgehead atoms. The largest absolute Gasteiger partial charge is 0.476 e. The molecular formula is C30H33ClF2N8O4. The number of nitrogens with one attached hydrogen (secondary N) is 2. The third kappa shape index (κ3) is 8.00. The van der Waals surface area contributed by atoms with Gasteiger partial charge in [0, 0.05) is 57.1 Å². The number of benzene rings is 2. The van der Waals surface area contributed by atoms with Gasteiger partial charge in [-0.1, -0.05) is 11.6 Å². The minimum Gasteiger partial charge on any atom is -0.476 e. The van der Waals surface area contributed by atoms with Crippen LogP contribution in [-0.4, -0.2) is 95.9 Å². The van der Waals surface area contributed by atoms with Crippen LogP contribution < -0.4 is 21.1 Å². The van der Waals surface area contributed by atoms with Gasteiger partial charge in [-0.2, -0.15) is 9.65 Å². The topological polar surface area (TPSA) is 159 Å². The molecule has 3 aromatic rings. The van der Waals surface area contributed by atoms with E-state index in [9.17, 15) is 23.2 Å². The van der Waals surface area contributed by atoms with Crippen LogP contribution in [0.25, 0.3) is 11.3 Å². The van der Waals surface area contributed by atoms with Gasteiger partial charge < -0.3 is 40.3 Å². The summed E-state index contributed by atoms with van der Waals surface area (Å²) in [6, 6.07) is 8.95. The quantitative estimate of drug-likeness (QED) is 0.329. The van der Waals surface area contributed by atoms with E-state index in [2.05, 4.69) is 20.5 Å². The SMILES string of the molecule is CN1CCN(C(=O)c2ccc(NC(=O)c3ncc(-c4ccc(OCC#N)c(F)c4F)n3C)cc2Cl)CC1.N[C@@H]1CN[C@H](C=O)C1. The number of aromatic nitrogens is 2. The van der Waals surface area contributed by atoms with Gasteiger partial charge in [-0.25, -0.2) is 9.37 Å². The second-order valence-electron chi connectivity index (χ2n) is 10.6. The summed E-state index contributed by atoms with van der Waals surface area (Å²) in [5.74, 6) is -3.69. The summed E-state index contributed by atoms with van der Waals surface area (Å²) in [6.07, 6.45) is 2.95. The maximum absolute atomic E-state index is 14.7. The highest BCUT2D eigenvalue weighted by Crippen LogP contribution is 2.30. The molecule has 12 nitrogen and oxygen atoms in total. The Morgan fingerprint density at radius 3 is 2.53 bits per heavy atom. The number of ether oxygens (including phenoxy) is 1. The highest BCUT2D eigenvalue weighted by atomic mass is 35.5. The lowest BCUT2D eigenvalue weighted by Crippen LogP contribution is -2.47. The Balaban J connectivity index is 0.000000501. The Morgan fingerprint density at radius 2 is 1.93 bits per heavy atom. The lowest BCUT2D eigenvalue weighted by molar-refractivity contribution is -0.109. The van der Waals surface area contributed by atoms with E-state index < -0.39 is 29.9 Å². The van der Waals surface area contributed by atoms with Gasteiger partial charge in [0.2, 0.25) is 5.82 Å². The molecule has 2 aliphatic rings. The van der Waals surface area contributed by atoms with Crippen LogP contribution in [0.1, 0.15) is 27.4 Å². The van der Waals surface area contributed by atoms with Crippen molar-refractivity contribution in [2.45, 2.75) is 18.5 Å². The minimum absolute atomic E-state index is 0.0185. The van der Waals surface area contributed by atoms with Gasteiger partial charge in [0.1, 0.15) is 12.4 Å². The molecule has 45 heavy (non-hydrogen) atoms. The van der Waals surface area contributed by atoms with Gasteiger partial charge in [-0.05, 0) is 43.8 Å². The van der Waals surface area contributed by atoms with Gasteiger partial charge in [0.25, 0.3) is 11.8 Å². The number of amides is 2. The average molecular weight is 643 g/mol. The fourth-order valence-electron chi connectivity index (χ4n) is 4.85. The van der Waals surface area contributed by atoms with Crippen LogP contribution in [0.5, 0.6) is 5.75 Å². The van der Waals surface area contributed by atoms with Crippen LogP contribution in [0.4, 0.5) is 14.5 Å². The Labute approximate surface area is 263 Å². The number of hydrogen-bond acceptors (Lipinski definition) is 9. The van der Waals surface area contributed by atoms with Crippen LogP contribution in [0.3, 0.4) is 0 Å². The van der Waals surface area contributed by atoms with Crippen LogP contribution in [0.15, 0.2) is 36.5 Å². The Morgan fingerprint density at radius 1 is 1.20 bits per heavy atom. The van der Waals surface area contributed by atoms with Crippen LogP contribution in [-0.2, 0) is 11.8 Å². The number of nitrogens with zero attached hydrogens (tertiary/aromatic N) is 5. The molecular weight excluding hydrogens is 610 g/mol. The van der Waals surface area contributed by atoms with Crippen LogP contribution >= 0.6 is 11.6 Å². The minimum atomic E-state index is -1.25. The number of aldehydes is 1. The van der Waals surface area contributed by atoms with Gasteiger partial charge >= 0.3 is 0 Å². The van der Waals surface area contributed by atoms with Gasteiger partial charge in [0.15, 0.2) is 24.0 Å². The van der Waals surface area contributed by atoms with Crippen molar-refractivity contribution in [3.05, 3.63) is 64.6 Å². The van der Waals surface area contributed by atoms with Crippen molar-refractivity contribution < 1.29 is 27.9 Å². The summed E-state index contributed by atoms with van der Waals surface area (Å²) in [5.41, 5.74) is 6.17. The molecule has 0 aliphatic carbocycles. The number of likely N-dealkylation sites (N-methyl/N-ethyl adjacent to an activating group) is 1. The summed E-state index contributed by atoms with van der Waals surface area (Å²) < 4.78 is 35.2. The number of rotatable bonds is 7. The summed E-state index contributed by atoms with van der Waals surface area (Å²) in [5, 5.41) is 14.4. The number of anilines is 1. The predicted octanol–water partition coefficient (Wildman–Crippen LogP) is 2.44. The molecule has 4 N–H and O–H groups in total. The summed E-state index contributed by atoms with van der Waals surface area (Å²) in [4.78, 5) is 43.7. The van der Waals surface area contributed by atoms with Gasteiger partial charge in [0.05, 0.1) is 28.5 Å². The van der Waals surface area contributed by atoms with Crippen molar-refractivity contribution in [2.24, 2.45) is 12.8 Å². The number of nitrogens with two attached hydrogens (primary N) is 1. The fraction of sp³-hybridized carbons (Fsp3) is 0.367. The zero-order chi connectivity index (χ0) is 32.7. The maximum Gasteiger partial charge on any atom is 0.291 e. The smallest absolute Gasteiger partial charge is 0.291 e. The van der Waals surface area contributed by atoms with E-state index in [0.29, 0.717) is 24.3 Å². The van der Waals surface area contributed by atoms with Crippen LogP contribution in [0, 0.1) is 23.0 Å². The molecule has 2 atom stereocenters. The maximum atomic E-state index is 14.7. The number of carbonyl (C=O) groups excluding carboxylic acids is 3. The van der Waals surface area contributed by atoms with Gasteiger partial charge in [-0.15, -0.1) is 0 Å². The fourth-order valence-corrected chi connectivity index (χ4v) is 5.12. The van der Waals surface area contributed by atoms with Crippen LogP contribution in [0.2, 0.25) is 5.02 Å². The van der Waals surface area contributed by atoms with E-state index >= 15 is 0 Å². The van der Waals surface area contributed by atoms with Crippen molar-refractivity contribution in [1.82, 2.24) is 24.7 Å². The van der Waals surface area contributed by atoms with E-state index in [1.807, 2.05) is 7.05 Å². The van der Waals surface area contributed by atoms with E-state index in [4.69, 9.17) is 27.3 Å². The molecule has 238 valence electrons. The summed E-state index contributed by atoms with van der Waals surface area (Å²) >= 11 is 6.36. The molecule has 0 saturated carbocycles. The highest BCUT2D eigenvalue weighted by molar-refractivity contribution is 6.34. The zero-order valence-corrected chi connectivity index (χ0v) is 25.5. The number of halogens is 3. The van der Waals surface area contributed by atoms with Crippen molar-refractivity contribution in [3.63, 3.8) is 0 Å². The molecule has 15 heteroatoms. The average Bonchev–Trinajstić information content (AvgIpc) is 3.63.